The summed E-state index contributed by atoms with van der Waals surface area (Å²) in [5.74, 6) is 1.16. The third kappa shape index (κ3) is 3.73. The van der Waals surface area contributed by atoms with Crippen LogP contribution < -0.4 is 0 Å². The van der Waals surface area contributed by atoms with Crippen molar-refractivity contribution in [3.63, 3.8) is 0 Å². The minimum absolute atomic E-state index is 0.172. The lowest BCUT2D eigenvalue weighted by molar-refractivity contribution is 0.111. The van der Waals surface area contributed by atoms with Crippen LogP contribution >= 0.6 is 11.8 Å². The molecule has 2 rings (SSSR count). The number of benzene rings is 1. The molecule has 1 saturated heterocycles. The molecule has 17 heavy (non-hydrogen) atoms. The van der Waals surface area contributed by atoms with Gasteiger partial charge < -0.3 is 5.11 Å². The van der Waals surface area contributed by atoms with Gasteiger partial charge in [-0.3, -0.25) is 4.90 Å². The maximum absolute atomic E-state index is 9.72. The van der Waals surface area contributed by atoms with E-state index in [0.717, 1.165) is 31.8 Å². The van der Waals surface area contributed by atoms with Crippen LogP contribution in [-0.4, -0.2) is 41.5 Å². The van der Waals surface area contributed by atoms with Gasteiger partial charge in [-0.1, -0.05) is 37.3 Å². The summed E-state index contributed by atoms with van der Waals surface area (Å²) < 4.78 is 0. The molecule has 0 spiro atoms. The Bertz CT molecular complexity index is 330. The maximum atomic E-state index is 9.72. The molecule has 94 valence electrons. The van der Waals surface area contributed by atoms with Gasteiger partial charge in [0, 0.05) is 30.6 Å². The van der Waals surface area contributed by atoms with Gasteiger partial charge in [0.05, 0.1) is 6.10 Å². The van der Waals surface area contributed by atoms with Crippen LogP contribution in [-0.2, 0) is 0 Å². The molecule has 1 aromatic rings. The first-order valence-corrected chi connectivity index (χ1v) is 7.41. The van der Waals surface area contributed by atoms with Gasteiger partial charge in [-0.05, 0) is 12.0 Å². The molecule has 0 bridgehead atoms. The normalized spacial score (nSPS) is 23.5. The van der Waals surface area contributed by atoms with Crippen molar-refractivity contribution in [2.75, 3.05) is 25.4 Å². The van der Waals surface area contributed by atoms with E-state index in [1.165, 1.54) is 5.56 Å². The minimum atomic E-state index is -0.172. The van der Waals surface area contributed by atoms with Gasteiger partial charge in [-0.15, -0.1) is 0 Å². The standard InChI is InChI=1S/C14H21NOS/c1-2-13(16)10-15-8-9-17-14(11-15)12-6-4-3-5-7-12/h3-7,13-14,16H,2,8-11H2,1H3/t13-,14+/m1/s1. The number of hydrogen-bond acceptors (Lipinski definition) is 3. The molecule has 1 aromatic carbocycles. The smallest absolute Gasteiger partial charge is 0.0664 e. The number of aliphatic hydroxyl groups excluding tert-OH is 1. The Hall–Kier alpha value is -0.510. The number of thioether (sulfide) groups is 1. The molecule has 1 fully saturated rings. The Morgan fingerprint density at radius 3 is 2.88 bits per heavy atom. The lowest BCUT2D eigenvalue weighted by atomic mass is 10.1. The maximum Gasteiger partial charge on any atom is 0.0664 e. The van der Waals surface area contributed by atoms with Crippen molar-refractivity contribution in [3.8, 4) is 0 Å². The molecule has 3 heteroatoms. The molecule has 0 radical (unpaired) electrons. The van der Waals surface area contributed by atoms with Crippen LogP contribution in [0.4, 0.5) is 0 Å². The molecule has 1 aliphatic heterocycles. The van der Waals surface area contributed by atoms with E-state index in [0.29, 0.717) is 5.25 Å². The van der Waals surface area contributed by atoms with Gasteiger partial charge in [0.1, 0.15) is 0 Å². The third-order valence-electron chi connectivity index (χ3n) is 3.26. The van der Waals surface area contributed by atoms with Crippen molar-refractivity contribution in [3.05, 3.63) is 35.9 Å². The summed E-state index contributed by atoms with van der Waals surface area (Å²) in [6.45, 7) is 5.02. The van der Waals surface area contributed by atoms with E-state index < -0.39 is 0 Å². The fourth-order valence-corrected chi connectivity index (χ4v) is 3.48. The topological polar surface area (TPSA) is 23.5 Å². The first-order valence-electron chi connectivity index (χ1n) is 6.36. The van der Waals surface area contributed by atoms with Crippen LogP contribution in [0.15, 0.2) is 30.3 Å². The zero-order valence-electron chi connectivity index (χ0n) is 10.4. The van der Waals surface area contributed by atoms with Crippen LogP contribution in [0, 0.1) is 0 Å². The zero-order valence-corrected chi connectivity index (χ0v) is 11.2. The van der Waals surface area contributed by atoms with E-state index in [1.807, 2.05) is 18.7 Å². The molecule has 0 aromatic heterocycles. The quantitative estimate of drug-likeness (QED) is 0.889. The third-order valence-corrected chi connectivity index (χ3v) is 4.50. The van der Waals surface area contributed by atoms with Crippen molar-refractivity contribution in [1.82, 2.24) is 4.90 Å². The highest BCUT2D eigenvalue weighted by molar-refractivity contribution is 7.99. The predicted octanol–water partition coefficient (Wildman–Crippen LogP) is 2.55. The summed E-state index contributed by atoms with van der Waals surface area (Å²) >= 11 is 2.03. The molecule has 1 aliphatic rings. The van der Waals surface area contributed by atoms with Gasteiger partial charge in [-0.25, -0.2) is 0 Å². The highest BCUT2D eigenvalue weighted by atomic mass is 32.2. The molecular weight excluding hydrogens is 230 g/mol. The highest BCUT2D eigenvalue weighted by Gasteiger charge is 2.22. The monoisotopic (exact) mass is 251 g/mol. The summed E-state index contributed by atoms with van der Waals surface area (Å²) in [5, 5.41) is 10.3. The van der Waals surface area contributed by atoms with E-state index in [9.17, 15) is 5.11 Å². The zero-order chi connectivity index (χ0) is 12.1. The van der Waals surface area contributed by atoms with Gasteiger partial charge in [0.25, 0.3) is 0 Å². The van der Waals surface area contributed by atoms with Crippen molar-refractivity contribution >= 4 is 11.8 Å². The fourth-order valence-electron chi connectivity index (χ4n) is 2.16. The average Bonchev–Trinajstić information content (AvgIpc) is 2.40. The fraction of sp³-hybridized carbons (Fsp3) is 0.571. The van der Waals surface area contributed by atoms with Gasteiger partial charge in [0.2, 0.25) is 0 Å². The number of hydrogen-bond donors (Lipinski definition) is 1. The average molecular weight is 251 g/mol. The van der Waals surface area contributed by atoms with Gasteiger partial charge in [0.15, 0.2) is 0 Å². The van der Waals surface area contributed by atoms with Gasteiger partial charge >= 0.3 is 0 Å². The SMILES string of the molecule is CC[C@@H](O)CN1CCS[C@H](c2ccccc2)C1. The van der Waals surface area contributed by atoms with E-state index in [4.69, 9.17) is 0 Å². The minimum Gasteiger partial charge on any atom is -0.392 e. The molecule has 1 N–H and O–H groups in total. The summed E-state index contributed by atoms with van der Waals surface area (Å²) in [5.41, 5.74) is 1.41. The second-order valence-electron chi connectivity index (χ2n) is 4.59. The van der Waals surface area contributed by atoms with Crippen molar-refractivity contribution in [2.45, 2.75) is 24.7 Å². The van der Waals surface area contributed by atoms with Crippen LogP contribution in [0.25, 0.3) is 0 Å². The predicted molar refractivity (Wildman–Crippen MR) is 74.4 cm³/mol. The summed E-state index contributed by atoms with van der Waals surface area (Å²) in [7, 11) is 0. The molecule has 2 nitrogen and oxygen atoms in total. The van der Waals surface area contributed by atoms with Crippen molar-refractivity contribution < 1.29 is 5.11 Å². The van der Waals surface area contributed by atoms with Crippen LogP contribution in [0.5, 0.6) is 0 Å². The second-order valence-corrected chi connectivity index (χ2v) is 5.90. The summed E-state index contributed by atoms with van der Waals surface area (Å²) in [6, 6.07) is 10.7. The highest BCUT2D eigenvalue weighted by Crippen LogP contribution is 2.32. The lowest BCUT2D eigenvalue weighted by Crippen LogP contribution is -2.39. The van der Waals surface area contributed by atoms with E-state index in [2.05, 4.69) is 35.2 Å². The number of β-amino-alcohol motifs (C(OH)–C–C–N with tert-alkyl or cyclic N) is 1. The largest absolute Gasteiger partial charge is 0.392 e. The molecule has 0 aliphatic carbocycles. The van der Waals surface area contributed by atoms with Crippen LogP contribution in [0.1, 0.15) is 24.2 Å². The summed E-state index contributed by atoms with van der Waals surface area (Å²) in [4.78, 5) is 2.39. The summed E-state index contributed by atoms with van der Waals surface area (Å²) in [6.07, 6.45) is 0.675. The van der Waals surface area contributed by atoms with Gasteiger partial charge in [-0.2, -0.15) is 11.8 Å². The molecule has 0 saturated carbocycles. The molecule has 1 heterocycles. The number of aliphatic hydroxyl groups is 1. The van der Waals surface area contributed by atoms with Crippen LogP contribution in [0.3, 0.4) is 0 Å². The Morgan fingerprint density at radius 2 is 2.18 bits per heavy atom. The van der Waals surface area contributed by atoms with Crippen molar-refractivity contribution in [1.29, 1.82) is 0 Å². The Labute approximate surface area is 108 Å². The van der Waals surface area contributed by atoms with Crippen LogP contribution in [0.2, 0.25) is 0 Å². The van der Waals surface area contributed by atoms with E-state index in [1.54, 1.807) is 0 Å². The Kier molecular flexibility index (Phi) is 4.89. The Balaban J connectivity index is 1.93. The number of nitrogens with zero attached hydrogens (tertiary/aromatic N) is 1. The molecule has 2 atom stereocenters. The first kappa shape index (κ1) is 12.9. The lowest BCUT2D eigenvalue weighted by Gasteiger charge is -2.33. The van der Waals surface area contributed by atoms with E-state index >= 15 is 0 Å². The van der Waals surface area contributed by atoms with Crippen molar-refractivity contribution in [2.24, 2.45) is 0 Å². The second kappa shape index (κ2) is 6.43. The molecular formula is C14H21NOS. The number of rotatable bonds is 4. The molecule has 0 amide bonds. The molecule has 0 unspecified atom stereocenters. The first-order chi connectivity index (χ1) is 8.29. The van der Waals surface area contributed by atoms with E-state index in [-0.39, 0.29) is 6.10 Å². The Morgan fingerprint density at radius 1 is 1.41 bits per heavy atom.